The largest absolute Gasteiger partial charge is 0.497 e. The van der Waals surface area contributed by atoms with Gasteiger partial charge in [-0.3, -0.25) is 9.59 Å². The predicted molar refractivity (Wildman–Crippen MR) is 129 cm³/mol. The number of ether oxygens (including phenoxy) is 2. The Morgan fingerprint density at radius 2 is 1.91 bits per heavy atom. The van der Waals surface area contributed by atoms with Crippen LogP contribution in [0.5, 0.6) is 5.75 Å². The number of rotatable bonds is 7. The van der Waals surface area contributed by atoms with E-state index in [2.05, 4.69) is 22.5 Å². The average Bonchev–Trinajstić information content (AvgIpc) is 3.37. The molecule has 1 atom stereocenters. The molecule has 1 unspecified atom stereocenters. The van der Waals surface area contributed by atoms with Crippen molar-refractivity contribution >= 4 is 23.2 Å². The van der Waals surface area contributed by atoms with Crippen LogP contribution in [-0.2, 0) is 4.74 Å². The fourth-order valence-electron chi connectivity index (χ4n) is 4.40. The zero-order chi connectivity index (χ0) is 23.2. The van der Waals surface area contributed by atoms with Gasteiger partial charge in [0.1, 0.15) is 5.75 Å². The average molecular weight is 452 g/mol. The molecule has 7 heteroatoms. The Balaban J connectivity index is 1.54. The summed E-state index contributed by atoms with van der Waals surface area (Å²) in [6.45, 7) is 5.36. The fraction of sp³-hybridized carbons (Fsp3) is 0.462. The Kier molecular flexibility index (Phi) is 7.50. The molecule has 0 saturated carbocycles. The standard InChI is InChI=1S/C26H33N3O4/c1-18-10-12-29(13-11-18)24-9-8-20(28-25(30)19-5-3-6-21(15-19)32-2)16-23(24)26(31)27-17-22-7-4-14-33-22/h3,5-6,8-9,15-16,18,22H,4,7,10-14,17H2,1-2H3,(H,27,31)(H,28,30). The Hall–Kier alpha value is -3.06. The number of benzene rings is 2. The minimum atomic E-state index is -0.251. The molecule has 2 aromatic carbocycles. The maximum atomic E-state index is 13.2. The summed E-state index contributed by atoms with van der Waals surface area (Å²) in [6, 6.07) is 12.6. The second kappa shape index (κ2) is 10.7. The third-order valence-corrected chi connectivity index (χ3v) is 6.47. The molecule has 2 amide bonds. The summed E-state index contributed by atoms with van der Waals surface area (Å²) in [7, 11) is 1.57. The van der Waals surface area contributed by atoms with Gasteiger partial charge in [0, 0.05) is 43.2 Å². The lowest BCUT2D eigenvalue weighted by Crippen LogP contribution is -2.36. The second-order valence-corrected chi connectivity index (χ2v) is 8.93. The van der Waals surface area contributed by atoms with Gasteiger partial charge in [0.2, 0.25) is 0 Å². The highest BCUT2D eigenvalue weighted by Gasteiger charge is 2.23. The third kappa shape index (κ3) is 5.85. The molecule has 176 valence electrons. The molecule has 2 heterocycles. The molecule has 0 bridgehead atoms. The first-order chi connectivity index (χ1) is 16.0. The number of hydrogen-bond donors (Lipinski definition) is 2. The lowest BCUT2D eigenvalue weighted by Gasteiger charge is -2.33. The van der Waals surface area contributed by atoms with Crippen molar-refractivity contribution in [3.05, 3.63) is 53.6 Å². The lowest BCUT2D eigenvalue weighted by atomic mass is 9.97. The molecule has 2 aromatic rings. The second-order valence-electron chi connectivity index (χ2n) is 8.93. The summed E-state index contributed by atoms with van der Waals surface area (Å²) in [4.78, 5) is 28.3. The molecule has 0 spiro atoms. The van der Waals surface area contributed by atoms with E-state index < -0.39 is 0 Å². The van der Waals surface area contributed by atoms with Crippen molar-refractivity contribution in [1.82, 2.24) is 5.32 Å². The van der Waals surface area contributed by atoms with Crippen LogP contribution < -0.4 is 20.3 Å². The summed E-state index contributed by atoms with van der Waals surface area (Å²) in [5.41, 5.74) is 2.56. The normalized spacial score (nSPS) is 18.7. The van der Waals surface area contributed by atoms with Crippen LogP contribution in [-0.4, -0.2) is 51.3 Å². The van der Waals surface area contributed by atoms with Gasteiger partial charge in [0.15, 0.2) is 0 Å². The van der Waals surface area contributed by atoms with Gasteiger partial charge in [0.05, 0.1) is 18.8 Å². The zero-order valence-electron chi connectivity index (χ0n) is 19.4. The Bertz CT molecular complexity index is 979. The summed E-state index contributed by atoms with van der Waals surface area (Å²) < 4.78 is 10.9. The van der Waals surface area contributed by atoms with E-state index >= 15 is 0 Å². The van der Waals surface area contributed by atoms with E-state index in [4.69, 9.17) is 9.47 Å². The highest BCUT2D eigenvalue weighted by atomic mass is 16.5. The van der Waals surface area contributed by atoms with Gasteiger partial charge >= 0.3 is 0 Å². The van der Waals surface area contributed by atoms with E-state index in [9.17, 15) is 9.59 Å². The topological polar surface area (TPSA) is 79.9 Å². The van der Waals surface area contributed by atoms with Gasteiger partial charge < -0.3 is 25.0 Å². The number of anilines is 2. The van der Waals surface area contributed by atoms with Crippen molar-refractivity contribution in [1.29, 1.82) is 0 Å². The molecular formula is C26H33N3O4. The Morgan fingerprint density at radius 1 is 1.09 bits per heavy atom. The molecule has 2 saturated heterocycles. The van der Waals surface area contributed by atoms with Gasteiger partial charge in [-0.2, -0.15) is 0 Å². The number of methoxy groups -OCH3 is 1. The molecule has 2 N–H and O–H groups in total. The van der Waals surface area contributed by atoms with Gasteiger partial charge in [-0.15, -0.1) is 0 Å². The minimum absolute atomic E-state index is 0.0733. The molecular weight excluding hydrogens is 418 g/mol. The van der Waals surface area contributed by atoms with Crippen LogP contribution in [0.1, 0.15) is 53.3 Å². The van der Waals surface area contributed by atoms with Gasteiger partial charge in [-0.05, 0) is 68.0 Å². The van der Waals surface area contributed by atoms with E-state index in [0.29, 0.717) is 35.0 Å². The first kappa shape index (κ1) is 23.1. The number of piperidine rings is 1. The number of hydrogen-bond acceptors (Lipinski definition) is 5. The van der Waals surface area contributed by atoms with E-state index in [0.717, 1.165) is 51.1 Å². The van der Waals surface area contributed by atoms with Crippen molar-refractivity contribution in [3.8, 4) is 5.75 Å². The molecule has 0 aliphatic carbocycles. The van der Waals surface area contributed by atoms with Crippen LogP contribution in [0.3, 0.4) is 0 Å². The van der Waals surface area contributed by atoms with E-state index in [1.165, 1.54) is 0 Å². The number of nitrogens with one attached hydrogen (secondary N) is 2. The zero-order valence-corrected chi connectivity index (χ0v) is 19.4. The van der Waals surface area contributed by atoms with Crippen molar-refractivity contribution in [3.63, 3.8) is 0 Å². The molecule has 2 fully saturated rings. The summed E-state index contributed by atoms with van der Waals surface area (Å²) in [5.74, 6) is 0.918. The highest BCUT2D eigenvalue weighted by molar-refractivity contribution is 6.06. The van der Waals surface area contributed by atoms with Crippen LogP contribution in [0.15, 0.2) is 42.5 Å². The molecule has 4 rings (SSSR count). The molecule has 2 aliphatic heterocycles. The molecule has 0 radical (unpaired) electrons. The maximum absolute atomic E-state index is 13.2. The van der Waals surface area contributed by atoms with Crippen LogP contribution in [0.2, 0.25) is 0 Å². The number of amides is 2. The Labute approximate surface area is 195 Å². The monoisotopic (exact) mass is 451 g/mol. The summed E-state index contributed by atoms with van der Waals surface area (Å²) in [6.07, 6.45) is 4.28. The van der Waals surface area contributed by atoms with Gasteiger partial charge in [-0.25, -0.2) is 0 Å². The van der Waals surface area contributed by atoms with Crippen molar-refractivity contribution in [2.24, 2.45) is 5.92 Å². The van der Waals surface area contributed by atoms with Gasteiger partial charge in [-0.1, -0.05) is 13.0 Å². The fourth-order valence-corrected chi connectivity index (χ4v) is 4.40. The smallest absolute Gasteiger partial charge is 0.255 e. The molecule has 7 nitrogen and oxygen atoms in total. The van der Waals surface area contributed by atoms with Gasteiger partial charge in [0.25, 0.3) is 11.8 Å². The van der Waals surface area contributed by atoms with E-state index in [1.807, 2.05) is 12.1 Å². The van der Waals surface area contributed by atoms with E-state index in [-0.39, 0.29) is 17.9 Å². The predicted octanol–water partition coefficient (Wildman–Crippen LogP) is 4.09. The first-order valence-electron chi connectivity index (χ1n) is 11.8. The number of carbonyl (C=O) groups is 2. The minimum Gasteiger partial charge on any atom is -0.497 e. The van der Waals surface area contributed by atoms with Crippen molar-refractivity contribution in [2.75, 3.05) is 43.6 Å². The Morgan fingerprint density at radius 3 is 2.64 bits per heavy atom. The summed E-state index contributed by atoms with van der Waals surface area (Å²) in [5, 5.41) is 5.96. The highest BCUT2D eigenvalue weighted by Crippen LogP contribution is 2.29. The quantitative estimate of drug-likeness (QED) is 0.663. The van der Waals surface area contributed by atoms with Crippen LogP contribution in [0.25, 0.3) is 0 Å². The number of nitrogens with zero attached hydrogens (tertiary/aromatic N) is 1. The third-order valence-electron chi connectivity index (χ3n) is 6.47. The van der Waals surface area contributed by atoms with Crippen LogP contribution in [0, 0.1) is 5.92 Å². The number of carbonyl (C=O) groups excluding carboxylic acids is 2. The summed E-state index contributed by atoms with van der Waals surface area (Å²) >= 11 is 0. The first-order valence-corrected chi connectivity index (χ1v) is 11.8. The van der Waals surface area contributed by atoms with Crippen LogP contribution in [0.4, 0.5) is 11.4 Å². The molecule has 2 aliphatic rings. The lowest BCUT2D eigenvalue weighted by molar-refractivity contribution is 0.0858. The van der Waals surface area contributed by atoms with Crippen molar-refractivity contribution < 1.29 is 19.1 Å². The van der Waals surface area contributed by atoms with Crippen molar-refractivity contribution in [2.45, 2.75) is 38.7 Å². The molecule has 0 aromatic heterocycles. The van der Waals surface area contributed by atoms with Crippen LogP contribution >= 0.6 is 0 Å². The maximum Gasteiger partial charge on any atom is 0.255 e. The molecule has 33 heavy (non-hydrogen) atoms. The van der Waals surface area contributed by atoms with E-state index in [1.54, 1.807) is 37.4 Å². The SMILES string of the molecule is COc1cccc(C(=O)Nc2ccc(N3CCC(C)CC3)c(C(=O)NCC3CCCO3)c2)c1.